The molecule has 1 aromatic heterocycles. The predicted molar refractivity (Wildman–Crippen MR) is 112 cm³/mol. The van der Waals surface area contributed by atoms with Crippen molar-refractivity contribution in [1.82, 2.24) is 20.9 Å². The minimum Gasteiger partial charge on any atom is -0.359 e. The monoisotopic (exact) mass is 448 g/mol. The number of alkyl halides is 3. The Balaban J connectivity index is 2.04. The highest BCUT2D eigenvalue weighted by molar-refractivity contribution is 6.33. The molecule has 3 N–H and O–H groups in total. The largest absolute Gasteiger partial charge is 0.417 e. The van der Waals surface area contributed by atoms with Crippen LogP contribution in [0.1, 0.15) is 32.8 Å². The maximum Gasteiger partial charge on any atom is 0.417 e. The van der Waals surface area contributed by atoms with Crippen LogP contribution in [0.25, 0.3) is 0 Å². The number of aromatic nitrogens is 1. The van der Waals surface area contributed by atoms with E-state index >= 15 is 0 Å². The Bertz CT molecular complexity index is 784. The van der Waals surface area contributed by atoms with Crippen LogP contribution in [-0.2, 0) is 11.0 Å². The average molecular weight is 449 g/mol. The smallest absolute Gasteiger partial charge is 0.359 e. The van der Waals surface area contributed by atoms with E-state index in [2.05, 4.69) is 25.9 Å². The van der Waals surface area contributed by atoms with Crippen molar-refractivity contribution in [1.29, 1.82) is 0 Å². The fourth-order valence-electron chi connectivity index (χ4n) is 3.09. The van der Waals surface area contributed by atoms with Gasteiger partial charge < -0.3 is 20.9 Å². The van der Waals surface area contributed by atoms with Gasteiger partial charge in [0.15, 0.2) is 5.96 Å². The van der Waals surface area contributed by atoms with E-state index in [1.807, 2.05) is 25.7 Å². The molecule has 0 radical (unpaired) electrons. The number of nitrogens with zero attached hydrogens (tertiary/aromatic N) is 3. The van der Waals surface area contributed by atoms with Crippen molar-refractivity contribution >= 4 is 29.3 Å². The summed E-state index contributed by atoms with van der Waals surface area (Å²) in [7, 11) is 1.59. The molecule has 0 spiro atoms. The van der Waals surface area contributed by atoms with Gasteiger partial charge in [0.25, 0.3) is 0 Å². The zero-order chi connectivity index (χ0) is 22.5. The first-order valence-electron chi connectivity index (χ1n) is 9.72. The van der Waals surface area contributed by atoms with Gasteiger partial charge in [-0.1, -0.05) is 11.6 Å². The number of amides is 1. The zero-order valence-electron chi connectivity index (χ0n) is 17.5. The number of rotatable bonds is 6. The molecule has 1 aromatic rings. The third-order valence-electron chi connectivity index (χ3n) is 4.80. The first-order chi connectivity index (χ1) is 14.0. The molecule has 168 valence electrons. The van der Waals surface area contributed by atoms with Gasteiger partial charge in [-0.15, -0.1) is 0 Å². The highest BCUT2D eigenvalue weighted by Gasteiger charge is 2.33. The molecule has 1 aliphatic heterocycles. The topological polar surface area (TPSA) is 81.6 Å². The molecule has 0 bridgehead atoms. The molecule has 2 heterocycles. The first-order valence-corrected chi connectivity index (χ1v) is 10.1. The lowest BCUT2D eigenvalue weighted by atomic mass is 9.93. The van der Waals surface area contributed by atoms with Gasteiger partial charge in [-0.2, -0.15) is 13.2 Å². The van der Waals surface area contributed by atoms with Crippen molar-refractivity contribution in [3.63, 3.8) is 0 Å². The van der Waals surface area contributed by atoms with Crippen LogP contribution in [-0.4, -0.2) is 56.1 Å². The van der Waals surface area contributed by atoms with E-state index in [0.29, 0.717) is 38.0 Å². The highest BCUT2D eigenvalue weighted by atomic mass is 35.5. The van der Waals surface area contributed by atoms with Crippen LogP contribution in [0.4, 0.5) is 19.0 Å². The first kappa shape index (κ1) is 24.0. The van der Waals surface area contributed by atoms with E-state index < -0.39 is 17.2 Å². The van der Waals surface area contributed by atoms with E-state index in [0.717, 1.165) is 18.7 Å². The average Bonchev–Trinajstić information content (AvgIpc) is 3.13. The van der Waals surface area contributed by atoms with Gasteiger partial charge >= 0.3 is 6.18 Å². The SMILES string of the molecule is CCNC(=NCC(C)(C)C(=O)NC)NC1CCN(c2ncc(C(F)(F)F)cc2Cl)C1. The second kappa shape index (κ2) is 9.72. The minimum absolute atomic E-state index is 0.00562. The maximum atomic E-state index is 12.8. The van der Waals surface area contributed by atoms with E-state index in [-0.39, 0.29) is 17.0 Å². The molecule has 1 atom stereocenters. The number of carbonyl (C=O) groups excluding carboxylic acids is 1. The molecule has 0 saturated carbocycles. The van der Waals surface area contributed by atoms with Gasteiger partial charge in [0.2, 0.25) is 5.91 Å². The van der Waals surface area contributed by atoms with Crippen molar-refractivity contribution in [3.8, 4) is 0 Å². The van der Waals surface area contributed by atoms with E-state index in [1.165, 1.54) is 0 Å². The van der Waals surface area contributed by atoms with Gasteiger partial charge in [-0.25, -0.2) is 4.98 Å². The molecule has 2 rings (SSSR count). The van der Waals surface area contributed by atoms with Crippen LogP contribution < -0.4 is 20.9 Å². The molecule has 30 heavy (non-hydrogen) atoms. The second-order valence-corrected chi connectivity index (χ2v) is 8.17. The molecule has 1 saturated heterocycles. The molecular formula is C19H28ClF3N6O. The Labute approximate surface area is 179 Å². The van der Waals surface area contributed by atoms with Gasteiger partial charge in [-0.05, 0) is 33.3 Å². The third kappa shape index (κ3) is 6.13. The quantitative estimate of drug-likeness (QED) is 0.460. The zero-order valence-corrected chi connectivity index (χ0v) is 18.3. The summed E-state index contributed by atoms with van der Waals surface area (Å²) in [5.41, 5.74) is -1.53. The number of guanidine groups is 1. The summed E-state index contributed by atoms with van der Waals surface area (Å²) in [6, 6.07) is 0.905. The molecule has 1 unspecified atom stereocenters. The molecular weight excluding hydrogens is 421 g/mol. The number of aliphatic imine (C=N–C) groups is 1. The normalized spacial score (nSPS) is 17.8. The van der Waals surface area contributed by atoms with Crippen molar-refractivity contribution in [2.45, 2.75) is 39.4 Å². The maximum absolute atomic E-state index is 12.8. The molecule has 11 heteroatoms. The van der Waals surface area contributed by atoms with Crippen molar-refractivity contribution < 1.29 is 18.0 Å². The second-order valence-electron chi connectivity index (χ2n) is 7.76. The van der Waals surface area contributed by atoms with Crippen molar-refractivity contribution in [3.05, 3.63) is 22.8 Å². The van der Waals surface area contributed by atoms with Crippen LogP contribution in [0.5, 0.6) is 0 Å². The number of hydrogen-bond donors (Lipinski definition) is 3. The summed E-state index contributed by atoms with van der Waals surface area (Å²) < 4.78 is 38.4. The Morgan fingerprint density at radius 1 is 1.40 bits per heavy atom. The number of anilines is 1. The van der Waals surface area contributed by atoms with E-state index in [9.17, 15) is 18.0 Å². The van der Waals surface area contributed by atoms with Crippen LogP contribution in [0.2, 0.25) is 5.02 Å². The number of halogens is 4. The van der Waals surface area contributed by atoms with Crippen LogP contribution in [0.15, 0.2) is 17.3 Å². The van der Waals surface area contributed by atoms with E-state index in [4.69, 9.17) is 11.6 Å². The summed E-state index contributed by atoms with van der Waals surface area (Å²) in [4.78, 5) is 22.2. The molecule has 1 fully saturated rings. The summed E-state index contributed by atoms with van der Waals surface area (Å²) in [6.45, 7) is 7.62. The van der Waals surface area contributed by atoms with Gasteiger partial charge in [-0.3, -0.25) is 9.79 Å². The summed E-state index contributed by atoms with van der Waals surface area (Å²) in [6.07, 6.45) is -2.94. The molecule has 0 aliphatic carbocycles. The Hall–Kier alpha value is -2.23. The van der Waals surface area contributed by atoms with Gasteiger partial charge in [0.1, 0.15) is 5.82 Å². The standard InChI is InChI=1S/C19H28ClF3N6O/c1-5-25-17(27-11-18(2,3)16(30)24-4)28-13-6-7-29(10-13)15-14(20)8-12(9-26-15)19(21,22)23/h8-9,13H,5-7,10-11H2,1-4H3,(H,24,30)(H2,25,27,28). The summed E-state index contributed by atoms with van der Waals surface area (Å²) >= 11 is 6.06. The predicted octanol–water partition coefficient (Wildman–Crippen LogP) is 2.66. The minimum atomic E-state index is -4.48. The lowest BCUT2D eigenvalue weighted by Gasteiger charge is -2.23. The van der Waals surface area contributed by atoms with Gasteiger partial charge in [0.05, 0.1) is 22.5 Å². The Morgan fingerprint density at radius 2 is 2.10 bits per heavy atom. The summed E-state index contributed by atoms with van der Waals surface area (Å²) in [5, 5.41) is 9.07. The van der Waals surface area contributed by atoms with Gasteiger partial charge in [0, 0.05) is 38.9 Å². The lowest BCUT2D eigenvalue weighted by Crippen LogP contribution is -2.45. The summed E-state index contributed by atoms with van der Waals surface area (Å²) in [5.74, 6) is 0.807. The molecule has 7 nitrogen and oxygen atoms in total. The fraction of sp³-hybridized carbons (Fsp3) is 0.632. The molecule has 1 amide bonds. The number of pyridine rings is 1. The number of carbonyl (C=O) groups is 1. The fourth-order valence-corrected chi connectivity index (χ4v) is 3.38. The Morgan fingerprint density at radius 3 is 2.67 bits per heavy atom. The van der Waals surface area contributed by atoms with Crippen LogP contribution in [0.3, 0.4) is 0 Å². The van der Waals surface area contributed by atoms with E-state index in [1.54, 1.807) is 7.05 Å². The highest BCUT2D eigenvalue weighted by Crippen LogP contribution is 2.34. The lowest BCUT2D eigenvalue weighted by molar-refractivity contribution is -0.137. The molecule has 0 aromatic carbocycles. The van der Waals surface area contributed by atoms with Crippen molar-refractivity contribution in [2.75, 3.05) is 38.1 Å². The van der Waals surface area contributed by atoms with Crippen molar-refractivity contribution in [2.24, 2.45) is 10.4 Å². The van der Waals surface area contributed by atoms with Crippen LogP contribution >= 0.6 is 11.6 Å². The molecule has 1 aliphatic rings. The third-order valence-corrected chi connectivity index (χ3v) is 5.07. The number of hydrogen-bond acceptors (Lipinski definition) is 4. The number of nitrogens with one attached hydrogen (secondary N) is 3. The Kier molecular flexibility index (Phi) is 7.79. The van der Waals surface area contributed by atoms with Crippen LogP contribution in [0, 0.1) is 5.41 Å².